The molecule has 0 spiro atoms. The van der Waals surface area contributed by atoms with Gasteiger partial charge in [0, 0.05) is 7.11 Å². The maximum atomic E-state index is 10.9. The minimum atomic E-state index is -1.13. The second kappa shape index (κ2) is 4.80. The van der Waals surface area contributed by atoms with Gasteiger partial charge in [-0.25, -0.2) is 9.48 Å². The molecule has 0 bridgehead atoms. The van der Waals surface area contributed by atoms with Crippen molar-refractivity contribution in [1.82, 2.24) is 15.0 Å². The molecule has 1 heterocycles. The summed E-state index contributed by atoms with van der Waals surface area (Å²) in [6, 6.07) is 0. The number of hydrogen-bond acceptors (Lipinski definition) is 5. The van der Waals surface area contributed by atoms with Gasteiger partial charge >= 0.3 is 5.97 Å². The maximum absolute atomic E-state index is 10.9. The van der Waals surface area contributed by atoms with Gasteiger partial charge in [0.15, 0.2) is 5.69 Å². The summed E-state index contributed by atoms with van der Waals surface area (Å²) in [5.74, 6) is -0.827. The standard InChI is InChI=1S/C10H15N3O4/c1-17-5-7-9(10(15)16)11-12-13(7)4-8(14)6-2-3-6/h6,8,14H,2-5H2,1H3,(H,15,16). The fourth-order valence-corrected chi connectivity index (χ4v) is 1.73. The quantitative estimate of drug-likeness (QED) is 0.721. The van der Waals surface area contributed by atoms with E-state index in [4.69, 9.17) is 9.84 Å². The molecule has 1 aliphatic carbocycles. The molecule has 1 unspecified atom stereocenters. The van der Waals surface area contributed by atoms with E-state index in [1.54, 1.807) is 0 Å². The van der Waals surface area contributed by atoms with Crippen LogP contribution in [0.1, 0.15) is 29.0 Å². The summed E-state index contributed by atoms with van der Waals surface area (Å²) in [6.07, 6.45) is 1.54. The zero-order valence-electron chi connectivity index (χ0n) is 9.54. The van der Waals surface area contributed by atoms with Crippen molar-refractivity contribution >= 4 is 5.97 Å². The summed E-state index contributed by atoms with van der Waals surface area (Å²) in [6.45, 7) is 0.385. The molecule has 0 saturated heterocycles. The molecule has 2 N–H and O–H groups in total. The number of aliphatic hydroxyl groups is 1. The fourth-order valence-electron chi connectivity index (χ4n) is 1.73. The van der Waals surface area contributed by atoms with Gasteiger partial charge in [0.25, 0.3) is 0 Å². The zero-order valence-corrected chi connectivity index (χ0v) is 9.54. The SMILES string of the molecule is COCc1c(C(=O)O)nnn1CC(O)C1CC1. The minimum Gasteiger partial charge on any atom is -0.476 e. The maximum Gasteiger partial charge on any atom is 0.358 e. The lowest BCUT2D eigenvalue weighted by Crippen LogP contribution is -2.21. The Balaban J connectivity index is 2.16. The molecule has 1 aliphatic rings. The molecule has 1 aromatic heterocycles. The number of carbonyl (C=O) groups is 1. The molecule has 7 nitrogen and oxygen atoms in total. The van der Waals surface area contributed by atoms with Gasteiger partial charge in [0.1, 0.15) is 0 Å². The molecule has 1 aromatic rings. The predicted octanol–water partition coefficient (Wildman–Crippen LogP) is -0.106. The van der Waals surface area contributed by atoms with E-state index in [0.717, 1.165) is 12.8 Å². The Labute approximate surface area is 98.0 Å². The zero-order chi connectivity index (χ0) is 12.4. The van der Waals surface area contributed by atoms with E-state index in [0.29, 0.717) is 11.6 Å². The van der Waals surface area contributed by atoms with Crippen LogP contribution in [0.3, 0.4) is 0 Å². The van der Waals surface area contributed by atoms with Crippen LogP contribution < -0.4 is 0 Å². The van der Waals surface area contributed by atoms with E-state index in [-0.39, 0.29) is 18.8 Å². The van der Waals surface area contributed by atoms with Crippen molar-refractivity contribution in [3.05, 3.63) is 11.4 Å². The largest absolute Gasteiger partial charge is 0.476 e. The molecule has 0 radical (unpaired) electrons. The minimum absolute atomic E-state index is 0.116. The van der Waals surface area contributed by atoms with Crippen LogP contribution in [0.5, 0.6) is 0 Å². The normalized spacial score (nSPS) is 17.1. The van der Waals surface area contributed by atoms with Gasteiger partial charge < -0.3 is 14.9 Å². The highest BCUT2D eigenvalue weighted by Gasteiger charge is 2.31. The van der Waals surface area contributed by atoms with Crippen LogP contribution in [-0.2, 0) is 17.9 Å². The van der Waals surface area contributed by atoms with E-state index in [9.17, 15) is 9.90 Å². The monoisotopic (exact) mass is 241 g/mol. The van der Waals surface area contributed by atoms with Gasteiger partial charge in [0.05, 0.1) is 24.9 Å². The van der Waals surface area contributed by atoms with Crippen LogP contribution in [-0.4, -0.2) is 44.4 Å². The second-order valence-corrected chi connectivity index (χ2v) is 4.21. The van der Waals surface area contributed by atoms with Crippen LogP contribution in [0.15, 0.2) is 0 Å². The Morgan fingerprint density at radius 1 is 1.65 bits per heavy atom. The molecule has 1 saturated carbocycles. The Hall–Kier alpha value is -1.47. The number of methoxy groups -OCH3 is 1. The van der Waals surface area contributed by atoms with Crippen molar-refractivity contribution in [3.63, 3.8) is 0 Å². The number of nitrogens with zero attached hydrogens (tertiary/aromatic N) is 3. The van der Waals surface area contributed by atoms with Crippen molar-refractivity contribution in [1.29, 1.82) is 0 Å². The van der Waals surface area contributed by atoms with Crippen molar-refractivity contribution in [2.75, 3.05) is 7.11 Å². The number of carboxylic acid groups (broad SMARTS) is 1. The predicted molar refractivity (Wildman–Crippen MR) is 56.4 cm³/mol. The molecule has 0 amide bonds. The van der Waals surface area contributed by atoms with Crippen LogP contribution in [0, 0.1) is 5.92 Å². The van der Waals surface area contributed by atoms with Gasteiger partial charge in [-0.05, 0) is 18.8 Å². The van der Waals surface area contributed by atoms with E-state index < -0.39 is 12.1 Å². The van der Waals surface area contributed by atoms with Crippen molar-refractivity contribution in [2.24, 2.45) is 5.92 Å². The van der Waals surface area contributed by atoms with Crippen LogP contribution in [0.4, 0.5) is 0 Å². The lowest BCUT2D eigenvalue weighted by Gasteiger charge is -2.11. The van der Waals surface area contributed by atoms with E-state index in [1.165, 1.54) is 11.8 Å². The van der Waals surface area contributed by atoms with Gasteiger partial charge in [-0.3, -0.25) is 0 Å². The van der Waals surface area contributed by atoms with Gasteiger partial charge in [-0.15, -0.1) is 5.10 Å². The highest BCUT2D eigenvalue weighted by atomic mass is 16.5. The van der Waals surface area contributed by atoms with E-state index >= 15 is 0 Å². The Morgan fingerprint density at radius 3 is 2.88 bits per heavy atom. The fraction of sp³-hybridized carbons (Fsp3) is 0.700. The number of rotatable bonds is 6. The molecule has 0 aromatic carbocycles. The summed E-state index contributed by atoms with van der Waals surface area (Å²) in [4.78, 5) is 10.9. The third-order valence-electron chi connectivity index (χ3n) is 2.85. The Bertz CT molecular complexity index is 414. The summed E-state index contributed by atoms with van der Waals surface area (Å²) < 4.78 is 6.34. The molecule has 0 aliphatic heterocycles. The first kappa shape index (κ1) is 12.0. The number of ether oxygens (including phenoxy) is 1. The third-order valence-corrected chi connectivity index (χ3v) is 2.85. The number of carboxylic acids is 1. The van der Waals surface area contributed by atoms with E-state index in [2.05, 4.69) is 10.3 Å². The molecule has 1 atom stereocenters. The van der Waals surface area contributed by atoms with Gasteiger partial charge in [-0.1, -0.05) is 5.21 Å². The highest BCUT2D eigenvalue weighted by Crippen LogP contribution is 2.33. The smallest absolute Gasteiger partial charge is 0.358 e. The van der Waals surface area contributed by atoms with Crippen molar-refractivity contribution in [2.45, 2.75) is 32.1 Å². The van der Waals surface area contributed by atoms with Crippen LogP contribution >= 0.6 is 0 Å². The molecule has 2 rings (SSSR count). The highest BCUT2D eigenvalue weighted by molar-refractivity contribution is 5.86. The molecule has 1 fully saturated rings. The van der Waals surface area contributed by atoms with Crippen molar-refractivity contribution < 1.29 is 19.7 Å². The summed E-state index contributed by atoms with van der Waals surface area (Å²) in [5, 5.41) is 26.1. The average Bonchev–Trinajstić information content (AvgIpc) is 3.04. The molecule has 17 heavy (non-hydrogen) atoms. The molecule has 94 valence electrons. The number of hydrogen-bond donors (Lipinski definition) is 2. The van der Waals surface area contributed by atoms with Crippen LogP contribution in [0.25, 0.3) is 0 Å². The number of aromatic carboxylic acids is 1. The topological polar surface area (TPSA) is 97.5 Å². The molecule has 7 heteroatoms. The van der Waals surface area contributed by atoms with Crippen LogP contribution in [0.2, 0.25) is 0 Å². The molecular weight excluding hydrogens is 226 g/mol. The molecular formula is C10H15N3O4. The third kappa shape index (κ3) is 2.62. The lowest BCUT2D eigenvalue weighted by molar-refractivity contribution is 0.0683. The first-order chi connectivity index (χ1) is 8.13. The van der Waals surface area contributed by atoms with Gasteiger partial charge in [0.2, 0.25) is 0 Å². The number of aliphatic hydroxyl groups excluding tert-OH is 1. The first-order valence-electron chi connectivity index (χ1n) is 5.46. The summed E-state index contributed by atoms with van der Waals surface area (Å²) >= 11 is 0. The van der Waals surface area contributed by atoms with Crippen molar-refractivity contribution in [3.8, 4) is 0 Å². The Kier molecular flexibility index (Phi) is 3.39. The summed E-state index contributed by atoms with van der Waals surface area (Å²) in [7, 11) is 1.47. The second-order valence-electron chi connectivity index (χ2n) is 4.21. The summed E-state index contributed by atoms with van der Waals surface area (Å²) in [5.41, 5.74) is 0.273. The first-order valence-corrected chi connectivity index (χ1v) is 5.46. The lowest BCUT2D eigenvalue weighted by atomic mass is 10.2. The van der Waals surface area contributed by atoms with Gasteiger partial charge in [-0.2, -0.15) is 0 Å². The Morgan fingerprint density at radius 2 is 2.35 bits per heavy atom. The number of aromatic nitrogens is 3. The van der Waals surface area contributed by atoms with E-state index in [1.807, 2.05) is 0 Å². The average molecular weight is 241 g/mol.